The van der Waals surface area contributed by atoms with Crippen LogP contribution in [0.25, 0.3) is 11.0 Å². The van der Waals surface area contributed by atoms with E-state index in [1.807, 2.05) is 30.5 Å². The lowest BCUT2D eigenvalue weighted by Gasteiger charge is -2.19. The van der Waals surface area contributed by atoms with Crippen LogP contribution in [0.3, 0.4) is 0 Å². The predicted octanol–water partition coefficient (Wildman–Crippen LogP) is 2.36. The molecule has 7 heteroatoms. The predicted molar refractivity (Wildman–Crippen MR) is 90.0 cm³/mol. The highest BCUT2D eigenvalue weighted by Gasteiger charge is 2.22. The Kier molecular flexibility index (Phi) is 5.07. The van der Waals surface area contributed by atoms with Gasteiger partial charge in [-0.25, -0.2) is 4.98 Å². The van der Waals surface area contributed by atoms with Gasteiger partial charge in [-0.05, 0) is 30.6 Å². The topological polar surface area (TPSA) is 76.2 Å². The summed E-state index contributed by atoms with van der Waals surface area (Å²) >= 11 is 1.73. The van der Waals surface area contributed by atoms with Gasteiger partial charge < -0.3 is 19.8 Å². The highest BCUT2D eigenvalue weighted by atomic mass is 32.2. The van der Waals surface area contributed by atoms with Crippen LogP contribution in [0.4, 0.5) is 0 Å². The lowest BCUT2D eigenvalue weighted by molar-refractivity contribution is -0.123. The van der Waals surface area contributed by atoms with Gasteiger partial charge in [0.05, 0.1) is 17.1 Å². The maximum absolute atomic E-state index is 12.3. The van der Waals surface area contributed by atoms with Gasteiger partial charge in [-0.15, -0.1) is 0 Å². The van der Waals surface area contributed by atoms with Crippen molar-refractivity contribution < 1.29 is 14.3 Å². The number of nitrogens with one attached hydrogen (secondary N) is 2. The van der Waals surface area contributed by atoms with Crippen LogP contribution in [0, 0.1) is 0 Å². The zero-order valence-electron chi connectivity index (χ0n) is 12.9. The van der Waals surface area contributed by atoms with Gasteiger partial charge in [0, 0.05) is 0 Å². The molecule has 0 spiro atoms. The molecular formula is C16H19N3O3S. The lowest BCUT2D eigenvalue weighted by Crippen LogP contribution is -2.33. The summed E-state index contributed by atoms with van der Waals surface area (Å²) in [6.45, 7) is 0.857. The second-order valence-corrected chi connectivity index (χ2v) is 6.13. The third-order valence-corrected chi connectivity index (χ3v) is 4.17. The number of carbonyl (C=O) groups is 1. The summed E-state index contributed by atoms with van der Waals surface area (Å²) < 4.78 is 10.5. The maximum Gasteiger partial charge on any atom is 0.290 e. The third-order valence-electron chi connectivity index (χ3n) is 3.53. The van der Waals surface area contributed by atoms with E-state index in [-0.39, 0.29) is 17.7 Å². The van der Waals surface area contributed by atoms with E-state index in [1.54, 1.807) is 11.8 Å². The van der Waals surface area contributed by atoms with Crippen LogP contribution >= 0.6 is 11.8 Å². The molecule has 1 amide bonds. The van der Waals surface area contributed by atoms with Crippen molar-refractivity contribution in [2.75, 3.05) is 25.2 Å². The molecule has 122 valence electrons. The Balaban J connectivity index is 1.79. The normalized spacial score (nSPS) is 15.4. The van der Waals surface area contributed by atoms with Crippen molar-refractivity contribution >= 4 is 28.7 Å². The lowest BCUT2D eigenvalue weighted by atomic mass is 10.2. The molecule has 1 aromatic heterocycles. The summed E-state index contributed by atoms with van der Waals surface area (Å²) in [6, 6.07) is 7.62. The molecule has 0 saturated carbocycles. The van der Waals surface area contributed by atoms with Crippen LogP contribution < -0.4 is 5.32 Å². The van der Waals surface area contributed by atoms with E-state index in [0.29, 0.717) is 13.2 Å². The van der Waals surface area contributed by atoms with Gasteiger partial charge in [-0.1, -0.05) is 12.1 Å². The van der Waals surface area contributed by atoms with Crippen molar-refractivity contribution in [2.45, 2.75) is 12.5 Å². The number of H-pyrrole nitrogens is 1. The standard InChI is InChI=1S/C16H19N3O3S/c1-23-9-6-13(19-16(20)14-10-21-7-8-22-14)15-17-11-4-2-3-5-12(11)18-15/h2-5,10,13H,6-9H2,1H3,(H,17,18)(H,19,20). The number of hydrogen-bond donors (Lipinski definition) is 2. The smallest absolute Gasteiger partial charge is 0.290 e. The molecule has 23 heavy (non-hydrogen) atoms. The molecule has 2 N–H and O–H groups in total. The molecule has 1 aliphatic rings. The average Bonchev–Trinajstić information content (AvgIpc) is 3.03. The first kappa shape index (κ1) is 15.7. The third kappa shape index (κ3) is 3.79. The van der Waals surface area contributed by atoms with E-state index in [0.717, 1.165) is 29.0 Å². The number of ether oxygens (including phenoxy) is 2. The quantitative estimate of drug-likeness (QED) is 0.849. The molecule has 2 aromatic rings. The van der Waals surface area contributed by atoms with E-state index < -0.39 is 0 Å². The van der Waals surface area contributed by atoms with Gasteiger partial charge in [0.15, 0.2) is 0 Å². The molecular weight excluding hydrogens is 314 g/mol. The largest absolute Gasteiger partial charge is 0.494 e. The van der Waals surface area contributed by atoms with E-state index in [1.165, 1.54) is 6.26 Å². The Labute approximate surface area is 138 Å². The molecule has 0 aliphatic carbocycles. The Morgan fingerprint density at radius 2 is 2.30 bits per heavy atom. The summed E-state index contributed by atoms with van der Waals surface area (Å²) in [5.41, 5.74) is 1.85. The number of imidazole rings is 1. The summed E-state index contributed by atoms with van der Waals surface area (Å²) in [6.07, 6.45) is 4.18. The Bertz CT molecular complexity index is 680. The molecule has 0 fully saturated rings. The molecule has 1 unspecified atom stereocenters. The van der Waals surface area contributed by atoms with Crippen molar-refractivity contribution in [2.24, 2.45) is 0 Å². The number of hydrogen-bond acceptors (Lipinski definition) is 5. The Morgan fingerprint density at radius 1 is 1.43 bits per heavy atom. The number of amides is 1. The first-order valence-corrected chi connectivity index (χ1v) is 8.86. The van der Waals surface area contributed by atoms with Crippen molar-refractivity contribution in [3.8, 4) is 0 Å². The second kappa shape index (κ2) is 7.41. The van der Waals surface area contributed by atoms with Gasteiger partial charge in [0.25, 0.3) is 5.91 Å². The molecule has 1 aromatic carbocycles. The summed E-state index contributed by atoms with van der Waals surface area (Å²) in [4.78, 5) is 20.2. The van der Waals surface area contributed by atoms with Gasteiger partial charge in [-0.3, -0.25) is 4.79 Å². The zero-order valence-corrected chi connectivity index (χ0v) is 13.7. The van der Waals surface area contributed by atoms with Crippen LogP contribution in [-0.2, 0) is 14.3 Å². The first-order chi connectivity index (χ1) is 11.3. The minimum Gasteiger partial charge on any atom is -0.494 e. The Morgan fingerprint density at radius 3 is 3.04 bits per heavy atom. The van der Waals surface area contributed by atoms with Crippen LogP contribution in [0.2, 0.25) is 0 Å². The molecule has 3 rings (SSSR count). The zero-order chi connectivity index (χ0) is 16.1. The minimum atomic E-state index is -0.281. The molecule has 6 nitrogen and oxygen atoms in total. The van der Waals surface area contributed by atoms with Crippen LogP contribution in [-0.4, -0.2) is 41.1 Å². The first-order valence-electron chi connectivity index (χ1n) is 7.47. The van der Waals surface area contributed by atoms with Crippen LogP contribution in [0.5, 0.6) is 0 Å². The second-order valence-electron chi connectivity index (χ2n) is 5.15. The van der Waals surface area contributed by atoms with E-state index >= 15 is 0 Å². The van der Waals surface area contributed by atoms with E-state index in [9.17, 15) is 4.79 Å². The number of aromatic amines is 1. The monoisotopic (exact) mass is 333 g/mol. The summed E-state index contributed by atoms with van der Waals surface area (Å²) in [5, 5.41) is 2.98. The van der Waals surface area contributed by atoms with Gasteiger partial charge in [0.2, 0.25) is 5.76 Å². The van der Waals surface area contributed by atoms with E-state index in [4.69, 9.17) is 9.47 Å². The SMILES string of the molecule is CSCCC(NC(=O)C1=COCCO1)c1nc2ccccc2[nH]1. The number of carbonyl (C=O) groups excluding carboxylic acids is 1. The molecule has 1 aliphatic heterocycles. The number of fused-ring (bicyclic) bond motifs is 1. The molecule has 0 bridgehead atoms. The fraction of sp³-hybridized carbons (Fsp3) is 0.375. The van der Waals surface area contributed by atoms with Gasteiger partial charge in [-0.2, -0.15) is 11.8 Å². The molecule has 0 radical (unpaired) electrons. The number of nitrogens with zero attached hydrogens (tertiary/aromatic N) is 1. The molecule has 0 saturated heterocycles. The van der Waals surface area contributed by atoms with Crippen molar-refractivity contribution in [3.63, 3.8) is 0 Å². The van der Waals surface area contributed by atoms with Crippen LogP contribution in [0.1, 0.15) is 18.3 Å². The number of aromatic nitrogens is 2. The summed E-state index contributed by atoms with van der Waals surface area (Å²) in [5.74, 6) is 1.60. The molecule has 1 atom stereocenters. The van der Waals surface area contributed by atoms with Crippen molar-refractivity contribution in [1.29, 1.82) is 0 Å². The fourth-order valence-electron chi connectivity index (χ4n) is 2.37. The Hall–Kier alpha value is -2.15. The van der Waals surface area contributed by atoms with Crippen molar-refractivity contribution in [3.05, 3.63) is 42.1 Å². The maximum atomic E-state index is 12.3. The summed E-state index contributed by atoms with van der Waals surface area (Å²) in [7, 11) is 0. The van der Waals surface area contributed by atoms with Crippen LogP contribution in [0.15, 0.2) is 36.3 Å². The van der Waals surface area contributed by atoms with Gasteiger partial charge >= 0.3 is 0 Å². The number of thioether (sulfide) groups is 1. The number of benzene rings is 1. The van der Waals surface area contributed by atoms with E-state index in [2.05, 4.69) is 15.3 Å². The molecule has 2 heterocycles. The minimum absolute atomic E-state index is 0.200. The highest BCUT2D eigenvalue weighted by molar-refractivity contribution is 7.98. The van der Waals surface area contributed by atoms with Crippen molar-refractivity contribution in [1.82, 2.24) is 15.3 Å². The number of rotatable bonds is 6. The highest BCUT2D eigenvalue weighted by Crippen LogP contribution is 2.20. The average molecular weight is 333 g/mol. The fourth-order valence-corrected chi connectivity index (χ4v) is 2.84. The van der Waals surface area contributed by atoms with Gasteiger partial charge in [0.1, 0.15) is 25.3 Å². The number of para-hydroxylation sites is 2.